The zero-order chi connectivity index (χ0) is 22.1. The van der Waals surface area contributed by atoms with Gasteiger partial charge in [0.1, 0.15) is 5.70 Å². The summed E-state index contributed by atoms with van der Waals surface area (Å²) < 4.78 is 0. The molecule has 0 saturated carbocycles. The molecular weight excluding hydrogens is 396 g/mol. The van der Waals surface area contributed by atoms with Crippen molar-refractivity contribution in [3.63, 3.8) is 0 Å². The van der Waals surface area contributed by atoms with Crippen LogP contribution in [0.3, 0.4) is 0 Å². The fourth-order valence-corrected chi connectivity index (χ4v) is 2.64. The summed E-state index contributed by atoms with van der Waals surface area (Å²) in [5.41, 5.74) is 3.45. The number of nitro groups is 1. The first-order chi connectivity index (χ1) is 15.0. The quantitative estimate of drug-likeness (QED) is 0.266. The van der Waals surface area contributed by atoms with Gasteiger partial charge in [-0.3, -0.25) is 19.7 Å². The molecule has 3 rings (SSSR count). The predicted octanol–water partition coefficient (Wildman–Crippen LogP) is 3.52. The van der Waals surface area contributed by atoms with Gasteiger partial charge >= 0.3 is 0 Å². The highest BCUT2D eigenvalue weighted by atomic mass is 16.6. The largest absolute Gasteiger partial charge is 0.317 e. The van der Waals surface area contributed by atoms with Gasteiger partial charge in [0.15, 0.2) is 0 Å². The predicted molar refractivity (Wildman–Crippen MR) is 117 cm³/mol. The molecule has 0 spiro atoms. The minimum absolute atomic E-state index is 0.0280. The Kier molecular flexibility index (Phi) is 6.99. The lowest BCUT2D eigenvalue weighted by atomic mass is 10.1. The molecule has 2 amide bonds. The number of hydrogen-bond donors (Lipinski definition) is 2. The average molecular weight is 414 g/mol. The second-order valence-corrected chi connectivity index (χ2v) is 6.30. The molecule has 2 N–H and O–H groups in total. The molecule has 0 saturated heterocycles. The molecule has 0 aliphatic rings. The number of benzene rings is 3. The number of hydrazone groups is 1. The van der Waals surface area contributed by atoms with E-state index in [4.69, 9.17) is 0 Å². The molecule has 0 atom stereocenters. The molecule has 8 heteroatoms. The third kappa shape index (κ3) is 5.94. The van der Waals surface area contributed by atoms with E-state index in [0.29, 0.717) is 11.1 Å². The fourth-order valence-electron chi connectivity index (χ4n) is 2.64. The summed E-state index contributed by atoms with van der Waals surface area (Å²) in [6.45, 7) is 0. The van der Waals surface area contributed by atoms with Crippen molar-refractivity contribution in [2.75, 3.05) is 0 Å². The third-order valence-corrected chi connectivity index (χ3v) is 4.14. The Morgan fingerprint density at radius 1 is 0.871 bits per heavy atom. The number of carbonyl (C=O) groups excluding carboxylic acids is 2. The van der Waals surface area contributed by atoms with Crippen LogP contribution in [0, 0.1) is 10.1 Å². The van der Waals surface area contributed by atoms with E-state index in [-0.39, 0.29) is 16.9 Å². The lowest BCUT2D eigenvalue weighted by molar-refractivity contribution is -0.385. The van der Waals surface area contributed by atoms with Crippen LogP contribution in [-0.2, 0) is 4.79 Å². The van der Waals surface area contributed by atoms with Gasteiger partial charge in [0.2, 0.25) is 0 Å². The second kappa shape index (κ2) is 10.3. The van der Waals surface area contributed by atoms with E-state index in [0.717, 1.165) is 0 Å². The Labute approximate surface area is 178 Å². The van der Waals surface area contributed by atoms with Crippen molar-refractivity contribution in [2.45, 2.75) is 0 Å². The van der Waals surface area contributed by atoms with E-state index in [1.807, 2.05) is 6.07 Å². The van der Waals surface area contributed by atoms with E-state index in [2.05, 4.69) is 15.8 Å². The maximum Gasteiger partial charge on any atom is 0.287 e. The van der Waals surface area contributed by atoms with Crippen molar-refractivity contribution in [3.8, 4) is 0 Å². The van der Waals surface area contributed by atoms with Crippen molar-refractivity contribution in [2.24, 2.45) is 5.10 Å². The van der Waals surface area contributed by atoms with Crippen LogP contribution < -0.4 is 10.7 Å². The molecule has 3 aromatic carbocycles. The van der Waals surface area contributed by atoms with Crippen molar-refractivity contribution >= 4 is 29.8 Å². The lowest BCUT2D eigenvalue weighted by Gasteiger charge is -2.09. The molecule has 0 aliphatic carbocycles. The van der Waals surface area contributed by atoms with Gasteiger partial charge in [-0.1, -0.05) is 60.7 Å². The number of amides is 2. The molecule has 0 aliphatic heterocycles. The highest BCUT2D eigenvalue weighted by Crippen LogP contribution is 2.15. The molecule has 3 aromatic rings. The Morgan fingerprint density at radius 3 is 2.16 bits per heavy atom. The zero-order valence-corrected chi connectivity index (χ0v) is 16.3. The van der Waals surface area contributed by atoms with E-state index in [1.165, 1.54) is 30.5 Å². The van der Waals surface area contributed by atoms with E-state index >= 15 is 0 Å². The van der Waals surface area contributed by atoms with Gasteiger partial charge in [-0.25, -0.2) is 5.43 Å². The first kappa shape index (κ1) is 21.1. The number of nitrogens with zero attached hydrogens (tertiary/aromatic N) is 2. The van der Waals surface area contributed by atoms with Crippen molar-refractivity contribution < 1.29 is 14.5 Å². The summed E-state index contributed by atoms with van der Waals surface area (Å²) in [5, 5.41) is 17.5. The molecule has 0 fully saturated rings. The Balaban J connectivity index is 1.80. The average Bonchev–Trinajstić information content (AvgIpc) is 2.80. The standard InChI is InChI=1S/C23H18N4O4/c28-22(18-11-5-2-6-12-18)25-20(15-17-9-3-1-4-10-17)23(29)26-24-16-19-13-7-8-14-21(19)27(30)31/h1-16H,(H,25,28)(H,26,29)/b20-15-,24-16-. The molecular formula is C23H18N4O4. The highest BCUT2D eigenvalue weighted by Gasteiger charge is 2.15. The molecule has 154 valence electrons. The summed E-state index contributed by atoms with van der Waals surface area (Å²) >= 11 is 0. The normalized spacial score (nSPS) is 11.2. The fraction of sp³-hybridized carbons (Fsp3) is 0. The molecule has 0 bridgehead atoms. The Morgan fingerprint density at radius 2 is 1.48 bits per heavy atom. The van der Waals surface area contributed by atoms with Crippen molar-refractivity contribution in [1.82, 2.24) is 10.7 Å². The van der Waals surface area contributed by atoms with Crippen LogP contribution >= 0.6 is 0 Å². The van der Waals surface area contributed by atoms with Crippen LogP contribution in [0.4, 0.5) is 5.69 Å². The first-order valence-electron chi connectivity index (χ1n) is 9.24. The summed E-state index contributed by atoms with van der Waals surface area (Å²) in [7, 11) is 0. The summed E-state index contributed by atoms with van der Waals surface area (Å²) in [5.74, 6) is -1.14. The number of carbonyl (C=O) groups is 2. The maximum atomic E-state index is 12.7. The number of rotatable bonds is 7. The van der Waals surface area contributed by atoms with Gasteiger partial charge in [0, 0.05) is 11.6 Å². The minimum Gasteiger partial charge on any atom is -0.317 e. The SMILES string of the molecule is O=C(N/N=C\c1ccccc1[N+](=O)[O-])/C(=C/c1ccccc1)NC(=O)c1ccccc1. The van der Waals surface area contributed by atoms with Crippen LogP contribution in [-0.4, -0.2) is 23.0 Å². The smallest absolute Gasteiger partial charge is 0.287 e. The molecule has 0 aromatic heterocycles. The topological polar surface area (TPSA) is 114 Å². The van der Waals surface area contributed by atoms with E-state index in [9.17, 15) is 19.7 Å². The highest BCUT2D eigenvalue weighted by molar-refractivity contribution is 6.05. The number of nitrogens with one attached hydrogen (secondary N) is 2. The number of para-hydroxylation sites is 1. The number of hydrogen-bond acceptors (Lipinski definition) is 5. The molecule has 0 radical (unpaired) electrons. The van der Waals surface area contributed by atoms with Gasteiger partial charge < -0.3 is 5.32 Å². The first-order valence-corrected chi connectivity index (χ1v) is 9.24. The lowest BCUT2D eigenvalue weighted by Crippen LogP contribution is -2.32. The summed E-state index contributed by atoms with van der Waals surface area (Å²) in [4.78, 5) is 35.7. The van der Waals surface area contributed by atoms with Crippen LogP contribution in [0.25, 0.3) is 6.08 Å². The van der Waals surface area contributed by atoms with Crippen molar-refractivity contribution in [3.05, 3.63) is 117 Å². The monoisotopic (exact) mass is 414 g/mol. The van der Waals surface area contributed by atoms with Gasteiger partial charge in [-0.2, -0.15) is 5.10 Å². The second-order valence-electron chi connectivity index (χ2n) is 6.30. The minimum atomic E-state index is -0.678. The van der Waals surface area contributed by atoms with Gasteiger partial charge in [-0.15, -0.1) is 0 Å². The van der Waals surface area contributed by atoms with Gasteiger partial charge in [0.25, 0.3) is 17.5 Å². The maximum absolute atomic E-state index is 12.7. The molecule has 8 nitrogen and oxygen atoms in total. The van der Waals surface area contributed by atoms with Crippen LogP contribution in [0.2, 0.25) is 0 Å². The van der Waals surface area contributed by atoms with E-state index in [1.54, 1.807) is 60.7 Å². The zero-order valence-electron chi connectivity index (χ0n) is 16.3. The molecule has 0 unspecified atom stereocenters. The number of nitro benzene ring substituents is 1. The molecule has 0 heterocycles. The Bertz CT molecular complexity index is 1140. The summed E-state index contributed by atoms with van der Waals surface area (Å²) in [6.07, 6.45) is 2.69. The van der Waals surface area contributed by atoms with Crippen LogP contribution in [0.15, 0.2) is 95.7 Å². The third-order valence-electron chi connectivity index (χ3n) is 4.14. The summed E-state index contributed by atoms with van der Waals surface area (Å²) in [6, 6.07) is 23.4. The van der Waals surface area contributed by atoms with E-state index < -0.39 is 16.7 Å². The Hall–Kier alpha value is -4.59. The van der Waals surface area contributed by atoms with Gasteiger partial charge in [0.05, 0.1) is 16.7 Å². The van der Waals surface area contributed by atoms with Gasteiger partial charge in [-0.05, 0) is 29.8 Å². The van der Waals surface area contributed by atoms with Crippen LogP contribution in [0.1, 0.15) is 21.5 Å². The van der Waals surface area contributed by atoms with Crippen molar-refractivity contribution in [1.29, 1.82) is 0 Å². The molecule has 31 heavy (non-hydrogen) atoms. The van der Waals surface area contributed by atoms with Crippen LogP contribution in [0.5, 0.6) is 0 Å².